The fourth-order valence-electron chi connectivity index (χ4n) is 2.75. The van der Waals surface area contributed by atoms with E-state index in [0.717, 1.165) is 12.1 Å². The molecule has 3 nitrogen and oxygen atoms in total. The Morgan fingerprint density at radius 3 is 2.47 bits per heavy atom. The zero-order valence-corrected chi connectivity index (χ0v) is 11.1. The molecular weight excluding hydrogens is 243 g/mol. The molecule has 1 aliphatic carbocycles. The lowest BCUT2D eigenvalue weighted by Gasteiger charge is -2.26. The van der Waals surface area contributed by atoms with Gasteiger partial charge in [-0.25, -0.2) is 4.39 Å². The Labute approximate surface area is 113 Å². The molecule has 1 aliphatic rings. The summed E-state index contributed by atoms with van der Waals surface area (Å²) in [5, 5.41) is 3.11. The molecule has 19 heavy (non-hydrogen) atoms. The minimum atomic E-state index is -0.367. The molecule has 0 aromatic heterocycles. The predicted molar refractivity (Wildman–Crippen MR) is 74.2 cm³/mol. The summed E-state index contributed by atoms with van der Waals surface area (Å²) in [4.78, 5) is 11.5. The van der Waals surface area contributed by atoms with Crippen molar-refractivity contribution >= 4 is 11.6 Å². The number of halogens is 1. The van der Waals surface area contributed by atoms with E-state index < -0.39 is 0 Å². The van der Waals surface area contributed by atoms with Crippen molar-refractivity contribution in [3.63, 3.8) is 0 Å². The standard InChI is InChI=1S/C15H21FN2O/c16-12-6-8-13(9-7-12)18-14(15(17)19)10-11-4-2-1-3-5-11/h6-9,11,14,18H,1-5,10H2,(H2,17,19). The van der Waals surface area contributed by atoms with Crippen LogP contribution >= 0.6 is 0 Å². The van der Waals surface area contributed by atoms with Crippen molar-refractivity contribution in [2.24, 2.45) is 11.7 Å². The van der Waals surface area contributed by atoms with Gasteiger partial charge in [0.25, 0.3) is 0 Å². The molecule has 1 saturated carbocycles. The van der Waals surface area contributed by atoms with E-state index in [2.05, 4.69) is 5.32 Å². The third kappa shape index (κ3) is 4.23. The van der Waals surface area contributed by atoms with Crippen LogP contribution in [0.4, 0.5) is 10.1 Å². The van der Waals surface area contributed by atoms with E-state index in [1.54, 1.807) is 12.1 Å². The molecule has 1 fully saturated rings. The molecule has 1 aromatic rings. The summed E-state index contributed by atoms with van der Waals surface area (Å²) in [6.45, 7) is 0. The molecule has 3 N–H and O–H groups in total. The van der Waals surface area contributed by atoms with E-state index in [1.165, 1.54) is 44.2 Å². The predicted octanol–water partition coefficient (Wildman–Crippen LogP) is 3.06. The Balaban J connectivity index is 1.95. The van der Waals surface area contributed by atoms with Gasteiger partial charge in [0.15, 0.2) is 0 Å². The topological polar surface area (TPSA) is 55.1 Å². The summed E-state index contributed by atoms with van der Waals surface area (Å²) in [5.41, 5.74) is 6.19. The number of primary amides is 1. The maximum absolute atomic E-state index is 12.8. The Bertz CT molecular complexity index is 413. The first-order valence-electron chi connectivity index (χ1n) is 6.96. The Morgan fingerprint density at radius 2 is 1.89 bits per heavy atom. The average molecular weight is 264 g/mol. The van der Waals surface area contributed by atoms with Crippen molar-refractivity contribution in [1.82, 2.24) is 0 Å². The van der Waals surface area contributed by atoms with E-state index in [-0.39, 0.29) is 17.8 Å². The van der Waals surface area contributed by atoms with Crippen LogP contribution in [0.3, 0.4) is 0 Å². The normalized spacial score (nSPS) is 17.9. The fraction of sp³-hybridized carbons (Fsp3) is 0.533. The second kappa shape index (κ2) is 6.55. The van der Waals surface area contributed by atoms with Gasteiger partial charge in [-0.2, -0.15) is 0 Å². The van der Waals surface area contributed by atoms with E-state index in [1.807, 2.05) is 0 Å². The molecule has 0 bridgehead atoms. The number of carbonyl (C=O) groups is 1. The lowest BCUT2D eigenvalue weighted by molar-refractivity contribution is -0.119. The molecule has 104 valence electrons. The van der Waals surface area contributed by atoms with Crippen LogP contribution in [0.15, 0.2) is 24.3 Å². The second-order valence-corrected chi connectivity index (χ2v) is 5.35. The maximum atomic E-state index is 12.8. The van der Waals surface area contributed by atoms with Crippen molar-refractivity contribution in [3.05, 3.63) is 30.1 Å². The van der Waals surface area contributed by atoms with Crippen molar-refractivity contribution < 1.29 is 9.18 Å². The first-order valence-corrected chi connectivity index (χ1v) is 6.96. The van der Waals surface area contributed by atoms with Crippen LogP contribution in [-0.4, -0.2) is 11.9 Å². The van der Waals surface area contributed by atoms with Gasteiger partial charge in [0.1, 0.15) is 11.9 Å². The monoisotopic (exact) mass is 264 g/mol. The van der Waals surface area contributed by atoms with Gasteiger partial charge in [0.05, 0.1) is 0 Å². The summed E-state index contributed by atoms with van der Waals surface area (Å²) < 4.78 is 12.8. The van der Waals surface area contributed by atoms with Crippen molar-refractivity contribution in [1.29, 1.82) is 0 Å². The Hall–Kier alpha value is -1.58. The zero-order valence-electron chi connectivity index (χ0n) is 11.1. The van der Waals surface area contributed by atoms with Gasteiger partial charge in [-0.1, -0.05) is 32.1 Å². The average Bonchev–Trinajstić information content (AvgIpc) is 2.41. The third-order valence-electron chi connectivity index (χ3n) is 3.82. The number of hydrogen-bond donors (Lipinski definition) is 2. The number of hydrogen-bond acceptors (Lipinski definition) is 2. The number of nitrogens with one attached hydrogen (secondary N) is 1. The Morgan fingerprint density at radius 1 is 1.26 bits per heavy atom. The molecule has 4 heteroatoms. The summed E-state index contributed by atoms with van der Waals surface area (Å²) in [6.07, 6.45) is 6.90. The van der Waals surface area contributed by atoms with Crippen LogP contribution in [0.1, 0.15) is 38.5 Å². The van der Waals surface area contributed by atoms with Crippen molar-refractivity contribution in [3.8, 4) is 0 Å². The molecule has 0 spiro atoms. The van der Waals surface area contributed by atoms with Gasteiger partial charge in [0.2, 0.25) is 5.91 Å². The van der Waals surface area contributed by atoms with Gasteiger partial charge in [0, 0.05) is 5.69 Å². The van der Waals surface area contributed by atoms with Crippen LogP contribution in [0, 0.1) is 11.7 Å². The highest BCUT2D eigenvalue weighted by molar-refractivity contribution is 5.82. The van der Waals surface area contributed by atoms with Gasteiger partial charge in [-0.05, 0) is 36.6 Å². The molecule has 0 heterocycles. The molecule has 0 radical (unpaired) electrons. The van der Waals surface area contributed by atoms with Gasteiger partial charge in [-0.3, -0.25) is 4.79 Å². The summed E-state index contributed by atoms with van der Waals surface area (Å²) in [7, 11) is 0. The smallest absolute Gasteiger partial charge is 0.239 e. The second-order valence-electron chi connectivity index (χ2n) is 5.35. The van der Waals surface area contributed by atoms with E-state index >= 15 is 0 Å². The summed E-state index contributed by atoms with van der Waals surface area (Å²) >= 11 is 0. The third-order valence-corrected chi connectivity index (χ3v) is 3.82. The molecule has 1 amide bonds. The molecule has 0 aliphatic heterocycles. The first kappa shape index (κ1) is 13.8. The van der Waals surface area contributed by atoms with E-state index in [9.17, 15) is 9.18 Å². The highest BCUT2D eigenvalue weighted by Gasteiger charge is 2.22. The van der Waals surface area contributed by atoms with Crippen LogP contribution in [-0.2, 0) is 4.79 Å². The number of amides is 1. The zero-order chi connectivity index (χ0) is 13.7. The first-order chi connectivity index (χ1) is 9.15. The van der Waals surface area contributed by atoms with E-state index in [4.69, 9.17) is 5.73 Å². The summed E-state index contributed by atoms with van der Waals surface area (Å²) in [6, 6.07) is 5.65. The van der Waals surface area contributed by atoms with Gasteiger partial charge >= 0.3 is 0 Å². The van der Waals surface area contributed by atoms with E-state index in [0.29, 0.717) is 5.92 Å². The van der Waals surface area contributed by atoms with Crippen molar-refractivity contribution in [2.75, 3.05) is 5.32 Å². The number of benzene rings is 1. The molecule has 1 aromatic carbocycles. The number of anilines is 1. The minimum Gasteiger partial charge on any atom is -0.374 e. The molecule has 1 unspecified atom stereocenters. The minimum absolute atomic E-state index is 0.284. The van der Waals surface area contributed by atoms with Crippen LogP contribution in [0.2, 0.25) is 0 Å². The number of rotatable bonds is 5. The number of nitrogens with two attached hydrogens (primary N) is 1. The summed E-state index contributed by atoms with van der Waals surface area (Å²) in [5.74, 6) is -0.0532. The highest BCUT2D eigenvalue weighted by Crippen LogP contribution is 2.28. The van der Waals surface area contributed by atoms with Crippen LogP contribution in [0.5, 0.6) is 0 Å². The lowest BCUT2D eigenvalue weighted by atomic mass is 9.84. The fourth-order valence-corrected chi connectivity index (χ4v) is 2.75. The largest absolute Gasteiger partial charge is 0.374 e. The molecular formula is C15H21FN2O. The molecule has 1 atom stereocenters. The van der Waals surface area contributed by atoms with Crippen LogP contribution < -0.4 is 11.1 Å². The van der Waals surface area contributed by atoms with Crippen LogP contribution in [0.25, 0.3) is 0 Å². The van der Waals surface area contributed by atoms with Gasteiger partial charge in [-0.15, -0.1) is 0 Å². The quantitative estimate of drug-likeness (QED) is 0.858. The lowest BCUT2D eigenvalue weighted by Crippen LogP contribution is -2.37. The SMILES string of the molecule is NC(=O)C(CC1CCCCC1)Nc1ccc(F)cc1. The maximum Gasteiger partial charge on any atom is 0.239 e. The molecule has 0 saturated heterocycles. The molecule has 2 rings (SSSR count). The van der Waals surface area contributed by atoms with Gasteiger partial charge < -0.3 is 11.1 Å². The van der Waals surface area contributed by atoms with Crippen molar-refractivity contribution in [2.45, 2.75) is 44.6 Å². The highest BCUT2D eigenvalue weighted by atomic mass is 19.1. The number of carbonyl (C=O) groups excluding carboxylic acids is 1. The Kier molecular flexibility index (Phi) is 4.77.